The van der Waals surface area contributed by atoms with Crippen molar-refractivity contribution >= 4 is 16.9 Å². The zero-order valence-electron chi connectivity index (χ0n) is 7.78. The number of esters is 1. The quantitative estimate of drug-likeness (QED) is 0.726. The van der Waals surface area contributed by atoms with Crippen LogP contribution in [0.2, 0.25) is 0 Å². The van der Waals surface area contributed by atoms with Gasteiger partial charge in [0.15, 0.2) is 0 Å². The molecule has 0 saturated carbocycles. The number of nitrogens with one attached hydrogen (secondary N) is 1. The van der Waals surface area contributed by atoms with Crippen LogP contribution < -0.4 is 0 Å². The van der Waals surface area contributed by atoms with E-state index in [1.807, 2.05) is 12.3 Å². The minimum absolute atomic E-state index is 0.234. The Morgan fingerprint density at radius 1 is 1.64 bits per heavy atom. The minimum atomic E-state index is -0.234. The number of nitrogens with zero attached hydrogens (tertiary/aromatic N) is 1. The largest absolute Gasteiger partial charge is 0.469 e. The number of carbonyl (C=O) groups is 1. The number of carbonyl (C=O) groups excluding carboxylic acids is 1. The fourth-order valence-electron chi connectivity index (χ4n) is 1.41. The number of fused-ring (bicyclic) bond motifs is 1. The van der Waals surface area contributed by atoms with Gasteiger partial charge in [0.2, 0.25) is 0 Å². The number of hydrogen-bond donors (Lipinski definition) is 1. The fourth-order valence-corrected chi connectivity index (χ4v) is 1.41. The van der Waals surface area contributed by atoms with Gasteiger partial charge in [0.05, 0.1) is 25.2 Å². The summed E-state index contributed by atoms with van der Waals surface area (Å²) in [6, 6.07) is 1.88. The molecule has 0 radical (unpaired) electrons. The Morgan fingerprint density at radius 3 is 3.29 bits per heavy atom. The van der Waals surface area contributed by atoms with Crippen molar-refractivity contribution in [3.63, 3.8) is 0 Å². The van der Waals surface area contributed by atoms with Gasteiger partial charge in [-0.2, -0.15) is 0 Å². The molecule has 2 heterocycles. The summed E-state index contributed by atoms with van der Waals surface area (Å²) >= 11 is 0. The van der Waals surface area contributed by atoms with Crippen LogP contribution in [-0.2, 0) is 16.0 Å². The van der Waals surface area contributed by atoms with Crippen LogP contribution in [0.4, 0.5) is 0 Å². The van der Waals surface area contributed by atoms with Gasteiger partial charge in [-0.05, 0) is 11.6 Å². The normalized spacial score (nSPS) is 10.4. The molecule has 0 spiro atoms. The van der Waals surface area contributed by atoms with Crippen molar-refractivity contribution in [1.82, 2.24) is 9.97 Å². The predicted octanol–water partition coefficient (Wildman–Crippen LogP) is 1.28. The van der Waals surface area contributed by atoms with E-state index >= 15 is 0 Å². The van der Waals surface area contributed by atoms with Gasteiger partial charge in [-0.25, -0.2) is 0 Å². The SMILES string of the molecule is COC(=O)Cc1c[nH]c2cnccc12. The van der Waals surface area contributed by atoms with E-state index in [0.717, 1.165) is 16.5 Å². The van der Waals surface area contributed by atoms with Crippen molar-refractivity contribution in [1.29, 1.82) is 0 Å². The van der Waals surface area contributed by atoms with Crippen LogP contribution >= 0.6 is 0 Å². The van der Waals surface area contributed by atoms with E-state index < -0.39 is 0 Å². The van der Waals surface area contributed by atoms with Gasteiger partial charge in [0.25, 0.3) is 0 Å². The second-order valence-corrected chi connectivity index (χ2v) is 2.99. The molecule has 0 saturated heterocycles. The van der Waals surface area contributed by atoms with Gasteiger partial charge in [0, 0.05) is 17.8 Å². The Kier molecular flexibility index (Phi) is 2.18. The molecule has 0 atom stereocenters. The highest BCUT2D eigenvalue weighted by atomic mass is 16.5. The predicted molar refractivity (Wildman–Crippen MR) is 51.8 cm³/mol. The Hall–Kier alpha value is -1.84. The van der Waals surface area contributed by atoms with Gasteiger partial charge in [-0.3, -0.25) is 9.78 Å². The molecular formula is C10H10N2O2. The average molecular weight is 190 g/mol. The maximum atomic E-state index is 11.1. The van der Waals surface area contributed by atoms with E-state index in [1.54, 1.807) is 12.4 Å². The van der Waals surface area contributed by atoms with Gasteiger partial charge in [-0.1, -0.05) is 0 Å². The monoisotopic (exact) mass is 190 g/mol. The molecule has 2 aromatic rings. The minimum Gasteiger partial charge on any atom is -0.469 e. The highest BCUT2D eigenvalue weighted by molar-refractivity contribution is 5.86. The first-order valence-electron chi connectivity index (χ1n) is 4.28. The first-order valence-corrected chi connectivity index (χ1v) is 4.28. The van der Waals surface area contributed by atoms with Crippen molar-refractivity contribution in [3.8, 4) is 0 Å². The molecule has 0 bridgehead atoms. The van der Waals surface area contributed by atoms with Crippen LogP contribution in [0, 0.1) is 0 Å². The van der Waals surface area contributed by atoms with Crippen LogP contribution in [0.15, 0.2) is 24.7 Å². The molecule has 1 N–H and O–H groups in total. The van der Waals surface area contributed by atoms with Crippen LogP contribution in [0.3, 0.4) is 0 Å². The number of rotatable bonds is 2. The Balaban J connectivity index is 2.38. The summed E-state index contributed by atoms with van der Waals surface area (Å²) in [5.41, 5.74) is 1.88. The highest BCUT2D eigenvalue weighted by Gasteiger charge is 2.07. The smallest absolute Gasteiger partial charge is 0.310 e. The van der Waals surface area contributed by atoms with Crippen molar-refractivity contribution in [2.45, 2.75) is 6.42 Å². The Morgan fingerprint density at radius 2 is 2.50 bits per heavy atom. The third-order valence-corrected chi connectivity index (χ3v) is 2.13. The van der Waals surface area contributed by atoms with Crippen LogP contribution in [0.5, 0.6) is 0 Å². The summed E-state index contributed by atoms with van der Waals surface area (Å²) in [5.74, 6) is -0.234. The number of aromatic amines is 1. The number of aromatic nitrogens is 2. The van der Waals surface area contributed by atoms with Gasteiger partial charge >= 0.3 is 5.97 Å². The maximum absolute atomic E-state index is 11.1. The van der Waals surface area contributed by atoms with Crippen molar-refractivity contribution in [3.05, 3.63) is 30.2 Å². The lowest BCUT2D eigenvalue weighted by Gasteiger charge is -1.96. The van der Waals surface area contributed by atoms with E-state index in [9.17, 15) is 4.79 Å². The molecule has 0 aliphatic carbocycles. The summed E-state index contributed by atoms with van der Waals surface area (Å²) in [6.45, 7) is 0. The molecule has 0 fully saturated rings. The zero-order chi connectivity index (χ0) is 9.97. The summed E-state index contributed by atoms with van der Waals surface area (Å²) in [4.78, 5) is 18.1. The molecule has 0 aliphatic heterocycles. The third-order valence-electron chi connectivity index (χ3n) is 2.13. The van der Waals surface area contributed by atoms with Gasteiger partial charge < -0.3 is 9.72 Å². The molecule has 0 amide bonds. The first-order chi connectivity index (χ1) is 6.81. The van der Waals surface area contributed by atoms with Crippen molar-refractivity contribution in [2.24, 2.45) is 0 Å². The molecule has 2 aromatic heterocycles. The molecule has 0 unspecified atom stereocenters. The fraction of sp³-hybridized carbons (Fsp3) is 0.200. The first kappa shape index (κ1) is 8.74. The second kappa shape index (κ2) is 3.49. The Labute approximate surface area is 80.9 Å². The molecule has 4 nitrogen and oxygen atoms in total. The topological polar surface area (TPSA) is 55.0 Å². The number of ether oxygens (including phenoxy) is 1. The molecule has 0 aromatic carbocycles. The molecular weight excluding hydrogens is 180 g/mol. The average Bonchev–Trinajstić information content (AvgIpc) is 2.62. The third kappa shape index (κ3) is 1.46. The van der Waals surface area contributed by atoms with Crippen molar-refractivity contribution in [2.75, 3.05) is 7.11 Å². The van der Waals surface area contributed by atoms with Crippen LogP contribution in [0.25, 0.3) is 10.9 Å². The summed E-state index contributed by atoms with van der Waals surface area (Å²) < 4.78 is 4.60. The summed E-state index contributed by atoms with van der Waals surface area (Å²) in [6.07, 6.45) is 5.54. The second-order valence-electron chi connectivity index (χ2n) is 2.99. The van der Waals surface area contributed by atoms with Gasteiger partial charge in [-0.15, -0.1) is 0 Å². The van der Waals surface area contributed by atoms with E-state index in [2.05, 4.69) is 14.7 Å². The Bertz CT molecular complexity index is 462. The summed E-state index contributed by atoms with van der Waals surface area (Å²) in [7, 11) is 1.39. The van der Waals surface area contributed by atoms with Crippen LogP contribution in [0.1, 0.15) is 5.56 Å². The number of pyridine rings is 1. The summed E-state index contributed by atoms with van der Waals surface area (Å²) in [5, 5.41) is 1.02. The highest BCUT2D eigenvalue weighted by Crippen LogP contribution is 2.17. The standard InChI is InChI=1S/C10H10N2O2/c1-14-10(13)4-7-5-12-9-6-11-3-2-8(7)9/h2-3,5-6,12H,4H2,1H3. The molecule has 0 aliphatic rings. The van der Waals surface area contributed by atoms with Crippen LogP contribution in [-0.4, -0.2) is 23.0 Å². The van der Waals surface area contributed by atoms with E-state index in [4.69, 9.17) is 0 Å². The van der Waals surface area contributed by atoms with E-state index in [1.165, 1.54) is 7.11 Å². The zero-order valence-corrected chi connectivity index (χ0v) is 7.78. The van der Waals surface area contributed by atoms with E-state index in [-0.39, 0.29) is 5.97 Å². The number of H-pyrrole nitrogens is 1. The van der Waals surface area contributed by atoms with Crippen molar-refractivity contribution < 1.29 is 9.53 Å². The molecule has 14 heavy (non-hydrogen) atoms. The molecule has 4 heteroatoms. The lowest BCUT2D eigenvalue weighted by molar-refractivity contribution is -0.139. The van der Waals surface area contributed by atoms with Gasteiger partial charge in [0.1, 0.15) is 0 Å². The molecule has 72 valence electrons. The maximum Gasteiger partial charge on any atom is 0.310 e. The number of methoxy groups -OCH3 is 1. The number of hydrogen-bond acceptors (Lipinski definition) is 3. The lowest BCUT2D eigenvalue weighted by Crippen LogP contribution is -2.03. The van der Waals surface area contributed by atoms with E-state index in [0.29, 0.717) is 6.42 Å². The molecule has 2 rings (SSSR count). The lowest BCUT2D eigenvalue weighted by atomic mass is 10.1.